The summed E-state index contributed by atoms with van der Waals surface area (Å²) in [6, 6.07) is 4.23. The molecule has 1 aromatic rings. The number of benzene rings is 1. The van der Waals surface area contributed by atoms with Crippen LogP contribution in [0.25, 0.3) is 0 Å². The molecule has 3 amide bonds. The zero-order valence-corrected chi connectivity index (χ0v) is 14.0. The van der Waals surface area contributed by atoms with Crippen LogP contribution in [0.5, 0.6) is 0 Å². The van der Waals surface area contributed by atoms with Crippen LogP contribution in [0.3, 0.4) is 0 Å². The van der Waals surface area contributed by atoms with Crippen LogP contribution in [0.15, 0.2) is 18.2 Å². The highest BCUT2D eigenvalue weighted by atomic mass is 32.2. The highest BCUT2D eigenvalue weighted by Crippen LogP contribution is 2.29. The van der Waals surface area contributed by atoms with E-state index >= 15 is 0 Å². The van der Waals surface area contributed by atoms with E-state index in [1.807, 2.05) is 0 Å². The van der Waals surface area contributed by atoms with Crippen molar-refractivity contribution in [1.29, 1.82) is 0 Å². The number of imide groups is 1. The van der Waals surface area contributed by atoms with Gasteiger partial charge in [0.1, 0.15) is 6.04 Å². The van der Waals surface area contributed by atoms with E-state index in [1.54, 1.807) is 18.2 Å². The highest BCUT2D eigenvalue weighted by molar-refractivity contribution is 7.85. The summed E-state index contributed by atoms with van der Waals surface area (Å²) in [4.78, 5) is 38.8. The number of hydrogen-bond donors (Lipinski definition) is 2. The topological polar surface area (TPSA) is 138 Å². The van der Waals surface area contributed by atoms with Crippen LogP contribution < -0.4 is 5.73 Å². The molecule has 1 unspecified atom stereocenters. The molecule has 0 aliphatic carbocycles. The Morgan fingerprint density at radius 3 is 2.60 bits per heavy atom. The summed E-state index contributed by atoms with van der Waals surface area (Å²) in [6.45, 7) is 0.507. The monoisotopic (exact) mass is 367 g/mol. The Bertz CT molecular complexity index is 866. The second kappa shape index (κ2) is 6.21. The van der Waals surface area contributed by atoms with Crippen LogP contribution in [0.4, 0.5) is 0 Å². The first-order chi connectivity index (χ1) is 11.7. The summed E-state index contributed by atoms with van der Waals surface area (Å²) in [5, 5.41) is 0. The van der Waals surface area contributed by atoms with Crippen LogP contribution in [0, 0.1) is 0 Å². The van der Waals surface area contributed by atoms with Gasteiger partial charge in [-0.3, -0.25) is 23.8 Å². The van der Waals surface area contributed by atoms with Gasteiger partial charge in [-0.2, -0.15) is 8.42 Å². The zero-order chi connectivity index (χ0) is 18.4. The quantitative estimate of drug-likeness (QED) is 0.538. The predicted octanol–water partition coefficient (Wildman–Crippen LogP) is -0.536. The van der Waals surface area contributed by atoms with Gasteiger partial charge in [-0.15, -0.1) is 0 Å². The van der Waals surface area contributed by atoms with E-state index in [1.165, 1.54) is 4.90 Å². The lowest BCUT2D eigenvalue weighted by atomic mass is 10.0. The fraction of sp³-hybridized carbons (Fsp3) is 0.400. The van der Waals surface area contributed by atoms with E-state index in [4.69, 9.17) is 10.3 Å². The zero-order valence-electron chi connectivity index (χ0n) is 13.2. The second-order valence-electron chi connectivity index (χ2n) is 6.05. The molecule has 1 atom stereocenters. The van der Waals surface area contributed by atoms with Crippen molar-refractivity contribution in [3.05, 3.63) is 34.9 Å². The summed E-state index contributed by atoms with van der Waals surface area (Å²) in [6.07, 6.45) is 0.0310. The molecule has 9 nitrogen and oxygen atoms in total. The van der Waals surface area contributed by atoms with Crippen LogP contribution in [-0.2, 0) is 32.8 Å². The molecule has 3 rings (SSSR count). The molecule has 1 saturated heterocycles. The first kappa shape index (κ1) is 17.5. The number of fused-ring (bicyclic) bond motifs is 1. The molecule has 1 fully saturated rings. The van der Waals surface area contributed by atoms with Crippen LogP contribution in [0.2, 0.25) is 0 Å². The largest absolute Gasteiger partial charge is 0.326 e. The molecule has 25 heavy (non-hydrogen) atoms. The Kier molecular flexibility index (Phi) is 4.35. The predicted molar refractivity (Wildman–Crippen MR) is 85.5 cm³/mol. The van der Waals surface area contributed by atoms with Crippen molar-refractivity contribution in [2.24, 2.45) is 5.73 Å². The van der Waals surface area contributed by atoms with Gasteiger partial charge >= 0.3 is 0 Å². The third-order valence-corrected chi connectivity index (χ3v) is 4.97. The van der Waals surface area contributed by atoms with Gasteiger partial charge in [-0.1, -0.05) is 12.1 Å². The summed E-state index contributed by atoms with van der Waals surface area (Å²) in [5.74, 6) is -2.94. The molecule has 0 aromatic heterocycles. The number of nitrogens with zero attached hydrogens (tertiary/aromatic N) is 2. The van der Waals surface area contributed by atoms with Crippen molar-refractivity contribution in [2.45, 2.75) is 32.0 Å². The van der Waals surface area contributed by atoms with Gasteiger partial charge in [0.2, 0.25) is 5.91 Å². The molecule has 0 bridgehead atoms. The average Bonchev–Trinajstić information content (AvgIpc) is 2.87. The minimum Gasteiger partial charge on any atom is -0.326 e. The minimum absolute atomic E-state index is 0.0832. The van der Waals surface area contributed by atoms with E-state index < -0.39 is 33.9 Å². The molecule has 3 N–H and O–H groups in total. The van der Waals surface area contributed by atoms with E-state index in [2.05, 4.69) is 0 Å². The number of hydrogen-bond acceptors (Lipinski definition) is 6. The van der Waals surface area contributed by atoms with Gasteiger partial charge in [0.25, 0.3) is 21.9 Å². The summed E-state index contributed by atoms with van der Waals surface area (Å²) >= 11 is 0. The fourth-order valence-corrected chi connectivity index (χ4v) is 3.78. The first-order valence-corrected chi connectivity index (χ1v) is 9.24. The van der Waals surface area contributed by atoms with Gasteiger partial charge in [-0.05, 0) is 23.6 Å². The Morgan fingerprint density at radius 2 is 1.96 bits per heavy atom. The van der Waals surface area contributed by atoms with Gasteiger partial charge < -0.3 is 10.6 Å². The molecular formula is C15H17N3O6S. The van der Waals surface area contributed by atoms with Crippen LogP contribution >= 0.6 is 0 Å². The highest BCUT2D eigenvalue weighted by Gasteiger charge is 2.43. The van der Waals surface area contributed by atoms with Crippen LogP contribution in [0.1, 0.15) is 34.3 Å². The summed E-state index contributed by atoms with van der Waals surface area (Å²) in [5.41, 5.74) is 7.64. The molecule has 1 aromatic carbocycles. The average molecular weight is 367 g/mol. The molecule has 0 spiro atoms. The van der Waals surface area contributed by atoms with Gasteiger partial charge in [-0.25, -0.2) is 0 Å². The van der Waals surface area contributed by atoms with E-state index in [-0.39, 0.29) is 25.3 Å². The molecule has 10 heteroatoms. The van der Waals surface area contributed by atoms with Crippen molar-refractivity contribution >= 4 is 27.8 Å². The smallest absolute Gasteiger partial charge is 0.283 e. The Hall–Kier alpha value is -2.30. The van der Waals surface area contributed by atoms with Gasteiger partial charge in [0, 0.05) is 25.1 Å². The fourth-order valence-electron chi connectivity index (χ4n) is 3.18. The lowest BCUT2D eigenvalue weighted by Crippen LogP contribution is -2.55. The number of carbonyl (C=O) groups excluding carboxylic acids is 3. The maximum atomic E-state index is 12.6. The maximum Gasteiger partial charge on any atom is 0.283 e. The number of likely N-dealkylation sites (tertiary alicyclic amines) is 1. The molecule has 2 aliphatic heterocycles. The van der Waals surface area contributed by atoms with E-state index in [9.17, 15) is 22.8 Å². The first-order valence-electron chi connectivity index (χ1n) is 7.63. The number of nitrogens with two attached hydrogens (primary N) is 1. The lowest BCUT2D eigenvalue weighted by Gasteiger charge is -2.34. The Morgan fingerprint density at radius 1 is 1.24 bits per heavy atom. The standard InChI is InChI=1S/C15H17N3O6S/c16-6-9-1-2-11-10(5-9)7-17(14(11)20)12-3-4-13(19)18(15(12)21)8-25(22,23)24/h1-2,5,12H,3-4,6-8,16H2,(H,22,23,24). The van der Waals surface area contributed by atoms with Crippen molar-refractivity contribution in [3.63, 3.8) is 0 Å². The molecule has 0 radical (unpaired) electrons. The van der Waals surface area contributed by atoms with Gasteiger partial charge in [0.05, 0.1) is 0 Å². The van der Waals surface area contributed by atoms with E-state index in [0.29, 0.717) is 17.0 Å². The van der Waals surface area contributed by atoms with Crippen molar-refractivity contribution < 1.29 is 27.4 Å². The van der Waals surface area contributed by atoms with Gasteiger partial charge in [0.15, 0.2) is 5.88 Å². The summed E-state index contributed by atoms with van der Waals surface area (Å²) < 4.78 is 31.0. The third-order valence-electron chi connectivity index (χ3n) is 4.39. The Balaban J connectivity index is 1.86. The number of rotatable bonds is 4. The van der Waals surface area contributed by atoms with Crippen molar-refractivity contribution in [2.75, 3.05) is 5.88 Å². The van der Waals surface area contributed by atoms with Crippen molar-refractivity contribution in [1.82, 2.24) is 9.80 Å². The molecule has 2 heterocycles. The molecule has 0 saturated carbocycles. The number of piperidine rings is 1. The van der Waals surface area contributed by atoms with Crippen LogP contribution in [-0.4, -0.2) is 52.4 Å². The molecule has 2 aliphatic rings. The second-order valence-corrected chi connectivity index (χ2v) is 7.48. The van der Waals surface area contributed by atoms with Crippen molar-refractivity contribution in [3.8, 4) is 0 Å². The SMILES string of the molecule is NCc1ccc2c(c1)CN(C1CCC(=O)N(CS(=O)(=O)O)C1=O)C2=O. The summed E-state index contributed by atoms with van der Waals surface area (Å²) in [7, 11) is -4.55. The maximum absolute atomic E-state index is 12.6. The third kappa shape index (κ3) is 3.28. The Labute approximate surface area is 144 Å². The minimum atomic E-state index is -4.55. The lowest BCUT2D eigenvalue weighted by molar-refractivity contribution is -0.151. The number of amides is 3. The van der Waals surface area contributed by atoms with E-state index in [0.717, 1.165) is 11.1 Å². The molecular weight excluding hydrogens is 350 g/mol. The molecule has 134 valence electrons. The normalized spacial score (nSPS) is 21.0. The number of carbonyl (C=O) groups is 3.